The maximum Gasteiger partial charge on any atom is 0.244 e. The Hall–Kier alpha value is -2.07. The Bertz CT molecular complexity index is 728. The number of carbonyl (C=O) groups excluding carboxylic acids is 1. The van der Waals surface area contributed by atoms with Crippen molar-refractivity contribution < 1.29 is 17.6 Å². The number of hydrogen-bond donors (Lipinski definition) is 0. The van der Waals surface area contributed by atoms with E-state index in [1.807, 2.05) is 0 Å². The van der Waals surface area contributed by atoms with E-state index < -0.39 is 21.4 Å². The molecule has 0 unspecified atom stereocenters. The summed E-state index contributed by atoms with van der Waals surface area (Å²) in [6.07, 6.45) is 2.25. The highest BCUT2D eigenvalue weighted by Gasteiger charge is 2.31. The predicted octanol–water partition coefficient (Wildman–Crippen LogP) is 1.19. The molecule has 8 heteroatoms. The summed E-state index contributed by atoms with van der Waals surface area (Å²) in [4.78, 5) is 13.4. The second-order valence-electron chi connectivity index (χ2n) is 4.58. The van der Waals surface area contributed by atoms with Gasteiger partial charge in [-0.2, -0.15) is 9.57 Å². The Kier molecular flexibility index (Phi) is 4.48. The van der Waals surface area contributed by atoms with E-state index in [0.717, 1.165) is 6.07 Å². The first-order valence-electron chi connectivity index (χ1n) is 6.26. The minimum atomic E-state index is -3.94. The first-order chi connectivity index (χ1) is 10.0. The fraction of sp³-hybridized carbons (Fsp3) is 0.385. The Balaban J connectivity index is 2.31. The molecule has 1 aromatic carbocycles. The van der Waals surface area contributed by atoms with Gasteiger partial charge in [0.2, 0.25) is 16.1 Å². The first kappa shape index (κ1) is 15.3. The zero-order valence-corrected chi connectivity index (χ0v) is 11.8. The average molecular weight is 309 g/mol. The molecule has 1 heterocycles. The molecule has 6 nitrogen and oxygen atoms in total. The molecular formula is C13H12FN3O3S. The number of hydrogen-bond acceptors (Lipinski definition) is 5. The Morgan fingerprint density at radius 1 is 1.33 bits per heavy atom. The highest BCUT2D eigenvalue weighted by Crippen LogP contribution is 2.25. The van der Waals surface area contributed by atoms with Crippen molar-refractivity contribution in [3.63, 3.8) is 0 Å². The lowest BCUT2D eigenvalue weighted by molar-refractivity contribution is 0.320. The van der Waals surface area contributed by atoms with Crippen LogP contribution in [0.15, 0.2) is 28.1 Å². The second-order valence-corrected chi connectivity index (χ2v) is 6.49. The van der Waals surface area contributed by atoms with Crippen LogP contribution in [0.4, 0.5) is 4.39 Å². The molecule has 1 saturated heterocycles. The van der Waals surface area contributed by atoms with Gasteiger partial charge in [0, 0.05) is 13.1 Å². The molecule has 1 aliphatic heterocycles. The van der Waals surface area contributed by atoms with Crippen molar-refractivity contribution in [3.8, 4) is 6.07 Å². The summed E-state index contributed by atoms with van der Waals surface area (Å²) < 4.78 is 39.7. The number of rotatable bonds is 3. The van der Waals surface area contributed by atoms with Crippen LogP contribution in [0.3, 0.4) is 0 Å². The molecule has 0 bridgehead atoms. The van der Waals surface area contributed by atoms with Crippen LogP contribution in [0.25, 0.3) is 0 Å². The Labute approximate surface area is 121 Å². The van der Waals surface area contributed by atoms with Gasteiger partial charge < -0.3 is 0 Å². The minimum absolute atomic E-state index is 0.166. The van der Waals surface area contributed by atoms with Crippen molar-refractivity contribution in [2.24, 2.45) is 4.99 Å². The maximum atomic E-state index is 13.5. The van der Waals surface area contributed by atoms with Gasteiger partial charge in [0.05, 0.1) is 6.04 Å². The van der Waals surface area contributed by atoms with Gasteiger partial charge in [-0.1, -0.05) is 6.07 Å². The summed E-state index contributed by atoms with van der Waals surface area (Å²) >= 11 is 0. The largest absolute Gasteiger partial charge is 0.244 e. The van der Waals surface area contributed by atoms with Crippen LogP contribution in [0.1, 0.15) is 18.4 Å². The summed E-state index contributed by atoms with van der Waals surface area (Å²) in [5, 5.41) is 8.94. The van der Waals surface area contributed by atoms with E-state index in [0.29, 0.717) is 12.8 Å². The Morgan fingerprint density at radius 3 is 2.57 bits per heavy atom. The van der Waals surface area contributed by atoms with Crippen LogP contribution in [-0.2, 0) is 14.8 Å². The molecule has 2 rings (SSSR count). The zero-order valence-electron chi connectivity index (χ0n) is 11.0. The van der Waals surface area contributed by atoms with E-state index in [1.165, 1.54) is 22.5 Å². The van der Waals surface area contributed by atoms with Gasteiger partial charge in [0.25, 0.3) is 0 Å². The normalized spacial score (nSPS) is 17.0. The maximum absolute atomic E-state index is 13.5. The van der Waals surface area contributed by atoms with E-state index in [-0.39, 0.29) is 24.0 Å². The fourth-order valence-electron chi connectivity index (χ4n) is 2.25. The lowest BCUT2D eigenvalue weighted by atomic mass is 10.1. The summed E-state index contributed by atoms with van der Waals surface area (Å²) in [5.41, 5.74) is -0.481. The quantitative estimate of drug-likeness (QED) is 0.619. The fourth-order valence-corrected chi connectivity index (χ4v) is 3.87. The van der Waals surface area contributed by atoms with Crippen LogP contribution in [0.2, 0.25) is 0 Å². The van der Waals surface area contributed by atoms with Crippen LogP contribution >= 0.6 is 0 Å². The molecule has 1 aromatic rings. The summed E-state index contributed by atoms with van der Waals surface area (Å²) in [6.45, 7) is 0.332. The van der Waals surface area contributed by atoms with E-state index in [2.05, 4.69) is 4.99 Å². The number of benzene rings is 1. The van der Waals surface area contributed by atoms with Crippen molar-refractivity contribution in [2.45, 2.75) is 23.8 Å². The number of halogens is 1. The van der Waals surface area contributed by atoms with Gasteiger partial charge in [-0.25, -0.2) is 22.6 Å². The van der Waals surface area contributed by atoms with Gasteiger partial charge in [0.15, 0.2) is 0 Å². The van der Waals surface area contributed by atoms with E-state index in [9.17, 15) is 17.6 Å². The van der Waals surface area contributed by atoms with E-state index in [4.69, 9.17) is 5.26 Å². The van der Waals surface area contributed by atoms with Crippen molar-refractivity contribution in [1.29, 1.82) is 5.26 Å². The Morgan fingerprint density at radius 2 is 2.00 bits per heavy atom. The third kappa shape index (κ3) is 3.00. The minimum Gasteiger partial charge on any atom is -0.211 e. The second kappa shape index (κ2) is 6.14. The summed E-state index contributed by atoms with van der Waals surface area (Å²) in [5.74, 6) is -0.862. The van der Waals surface area contributed by atoms with Gasteiger partial charge in [0.1, 0.15) is 22.3 Å². The third-order valence-corrected chi connectivity index (χ3v) is 5.30. The van der Waals surface area contributed by atoms with Crippen LogP contribution in [-0.4, -0.2) is 37.9 Å². The molecule has 0 saturated carbocycles. The van der Waals surface area contributed by atoms with Gasteiger partial charge in [-0.3, -0.25) is 0 Å². The lowest BCUT2D eigenvalue weighted by Gasteiger charge is -2.29. The molecule has 1 aliphatic rings. The van der Waals surface area contributed by atoms with Crippen molar-refractivity contribution in [2.75, 3.05) is 13.1 Å². The molecule has 0 radical (unpaired) electrons. The van der Waals surface area contributed by atoms with Crippen molar-refractivity contribution in [3.05, 3.63) is 29.6 Å². The van der Waals surface area contributed by atoms with Crippen molar-refractivity contribution >= 4 is 16.1 Å². The van der Waals surface area contributed by atoms with E-state index in [1.54, 1.807) is 6.07 Å². The smallest absolute Gasteiger partial charge is 0.211 e. The monoisotopic (exact) mass is 309 g/mol. The highest BCUT2D eigenvalue weighted by molar-refractivity contribution is 7.89. The van der Waals surface area contributed by atoms with Gasteiger partial charge >= 0.3 is 0 Å². The first-order valence-corrected chi connectivity index (χ1v) is 7.70. The number of nitrogens with zero attached hydrogens (tertiary/aromatic N) is 3. The predicted molar refractivity (Wildman–Crippen MR) is 71.0 cm³/mol. The van der Waals surface area contributed by atoms with Crippen LogP contribution in [0.5, 0.6) is 0 Å². The molecule has 0 amide bonds. The molecule has 0 spiro atoms. The average Bonchev–Trinajstić information content (AvgIpc) is 2.48. The SMILES string of the molecule is N#Cc1c(F)cccc1S(=O)(=O)N1CCC(N=C=O)CC1. The van der Waals surface area contributed by atoms with Gasteiger partial charge in [-0.05, 0) is 25.0 Å². The molecule has 1 fully saturated rings. The molecule has 21 heavy (non-hydrogen) atoms. The van der Waals surface area contributed by atoms with Gasteiger partial charge in [-0.15, -0.1) is 0 Å². The van der Waals surface area contributed by atoms with E-state index >= 15 is 0 Å². The van der Waals surface area contributed by atoms with Crippen molar-refractivity contribution in [1.82, 2.24) is 4.31 Å². The molecule has 0 aromatic heterocycles. The summed E-state index contributed by atoms with van der Waals surface area (Å²) in [7, 11) is -3.94. The number of aliphatic imine (C=N–C) groups is 1. The zero-order chi connectivity index (χ0) is 15.5. The number of sulfonamides is 1. The van der Waals surface area contributed by atoms with Crippen LogP contribution < -0.4 is 0 Å². The number of nitriles is 1. The topological polar surface area (TPSA) is 90.6 Å². The standard InChI is InChI=1S/C13H12FN3O3S/c14-12-2-1-3-13(11(12)8-15)21(19,20)17-6-4-10(5-7-17)16-9-18/h1-3,10H,4-7H2. The highest BCUT2D eigenvalue weighted by atomic mass is 32.2. The molecule has 0 aliphatic carbocycles. The number of isocyanates is 1. The lowest BCUT2D eigenvalue weighted by Crippen LogP contribution is -2.39. The molecule has 110 valence electrons. The molecule has 0 N–H and O–H groups in total. The number of piperidine rings is 1. The summed E-state index contributed by atoms with van der Waals surface area (Å²) in [6, 6.07) is 4.86. The molecular weight excluding hydrogens is 297 g/mol. The molecule has 0 atom stereocenters. The van der Waals surface area contributed by atoms with Crippen LogP contribution in [0, 0.1) is 17.1 Å². The third-order valence-electron chi connectivity index (χ3n) is 3.36.